The minimum absolute atomic E-state index is 0.0161. The number of hydrogen-bond donors (Lipinski definition) is 4. The largest absolute Gasteiger partial charge is 0.465 e. The zero-order valence-corrected chi connectivity index (χ0v) is 18.6. The van der Waals surface area contributed by atoms with Gasteiger partial charge in [-0.15, -0.1) is 0 Å². The monoisotopic (exact) mass is 432 g/mol. The van der Waals surface area contributed by atoms with E-state index in [9.17, 15) is 9.90 Å². The molecular weight excluding hydrogens is 400 g/mol. The van der Waals surface area contributed by atoms with Crippen molar-refractivity contribution in [1.82, 2.24) is 20.5 Å². The standard InChI is InChI=1S/C26H32N4O2/c1-30-24-10-7-18(22(16-28-26(31)32)17-5-3-2-4-6-17)15-21(24)20-8-9-23(25(20)30)29-19-11-13-27-14-12-19/h2-7,10,15,19,22-23,27-29H,8-9,11-14,16H2,1H3,(H,31,32). The highest BCUT2D eigenvalue weighted by atomic mass is 16.4. The molecule has 2 atom stereocenters. The van der Waals surface area contributed by atoms with Crippen molar-refractivity contribution in [1.29, 1.82) is 0 Å². The van der Waals surface area contributed by atoms with Crippen molar-refractivity contribution < 1.29 is 9.90 Å². The first-order valence-corrected chi connectivity index (χ1v) is 11.7. The van der Waals surface area contributed by atoms with Gasteiger partial charge in [0, 0.05) is 48.2 Å². The lowest BCUT2D eigenvalue weighted by Crippen LogP contribution is -2.41. The van der Waals surface area contributed by atoms with Crippen LogP contribution in [0.3, 0.4) is 0 Å². The van der Waals surface area contributed by atoms with Gasteiger partial charge in [-0.3, -0.25) is 0 Å². The molecule has 2 unspecified atom stereocenters. The minimum Gasteiger partial charge on any atom is -0.465 e. The second kappa shape index (κ2) is 8.96. The number of hydrogen-bond acceptors (Lipinski definition) is 3. The minimum atomic E-state index is -0.987. The van der Waals surface area contributed by atoms with E-state index in [1.807, 2.05) is 18.2 Å². The summed E-state index contributed by atoms with van der Waals surface area (Å²) in [6, 6.07) is 17.8. The molecule has 0 spiro atoms. The fraction of sp³-hybridized carbons (Fsp3) is 0.423. The predicted octanol–water partition coefficient (Wildman–Crippen LogP) is 3.91. The molecule has 0 saturated carbocycles. The maximum atomic E-state index is 11.2. The average molecular weight is 433 g/mol. The fourth-order valence-electron chi connectivity index (χ4n) is 5.65. The Morgan fingerprint density at radius 3 is 2.66 bits per heavy atom. The van der Waals surface area contributed by atoms with E-state index in [-0.39, 0.29) is 5.92 Å². The van der Waals surface area contributed by atoms with Gasteiger partial charge in [-0.1, -0.05) is 36.4 Å². The molecule has 1 aliphatic carbocycles. The van der Waals surface area contributed by atoms with Crippen LogP contribution in [-0.2, 0) is 13.5 Å². The van der Waals surface area contributed by atoms with E-state index >= 15 is 0 Å². The molecule has 1 saturated heterocycles. The fourth-order valence-corrected chi connectivity index (χ4v) is 5.65. The Morgan fingerprint density at radius 1 is 1.12 bits per heavy atom. The number of aryl methyl sites for hydroxylation is 2. The molecule has 6 nitrogen and oxygen atoms in total. The summed E-state index contributed by atoms with van der Waals surface area (Å²) in [5.74, 6) is -0.0161. The number of aromatic nitrogens is 1. The Balaban J connectivity index is 1.49. The number of carbonyl (C=O) groups is 1. The van der Waals surface area contributed by atoms with Crippen LogP contribution in [0.5, 0.6) is 0 Å². The molecule has 6 heteroatoms. The third-order valence-electron chi connectivity index (χ3n) is 7.23. The SMILES string of the molecule is Cn1c2c(c3cc(C(CNC(=O)O)c4ccccc4)ccc31)CCC2NC1CCNCC1. The topological polar surface area (TPSA) is 78.3 Å². The highest BCUT2D eigenvalue weighted by Crippen LogP contribution is 2.40. The number of benzene rings is 2. The Morgan fingerprint density at radius 2 is 1.91 bits per heavy atom. The number of rotatable bonds is 6. The van der Waals surface area contributed by atoms with Gasteiger partial charge in [0.05, 0.1) is 0 Å². The first kappa shape index (κ1) is 21.0. The summed E-state index contributed by atoms with van der Waals surface area (Å²) in [5, 5.41) is 20.5. The quantitative estimate of drug-likeness (QED) is 0.476. The normalized spacial score (nSPS) is 19.7. The third kappa shape index (κ3) is 4.00. The maximum Gasteiger partial charge on any atom is 0.404 e. The van der Waals surface area contributed by atoms with Gasteiger partial charge in [0.2, 0.25) is 0 Å². The summed E-state index contributed by atoms with van der Waals surface area (Å²) >= 11 is 0. The number of fused-ring (bicyclic) bond motifs is 3. The highest BCUT2D eigenvalue weighted by Gasteiger charge is 2.31. The highest BCUT2D eigenvalue weighted by molar-refractivity contribution is 5.87. The second-order valence-electron chi connectivity index (χ2n) is 9.13. The van der Waals surface area contributed by atoms with Crippen LogP contribution in [0.4, 0.5) is 4.79 Å². The summed E-state index contributed by atoms with van der Waals surface area (Å²) in [6.07, 6.45) is 3.62. The first-order valence-electron chi connectivity index (χ1n) is 11.7. The van der Waals surface area contributed by atoms with Gasteiger partial charge in [0.1, 0.15) is 0 Å². The van der Waals surface area contributed by atoms with Crippen LogP contribution in [0.1, 0.15) is 53.6 Å². The van der Waals surface area contributed by atoms with Crippen LogP contribution in [0.2, 0.25) is 0 Å². The lowest BCUT2D eigenvalue weighted by molar-refractivity contribution is 0.194. The molecule has 2 aromatic carbocycles. The molecule has 0 bridgehead atoms. The van der Waals surface area contributed by atoms with Gasteiger partial charge < -0.3 is 25.6 Å². The average Bonchev–Trinajstić information content (AvgIpc) is 3.34. The van der Waals surface area contributed by atoms with E-state index in [4.69, 9.17) is 0 Å². The number of nitrogens with zero attached hydrogens (tertiary/aromatic N) is 1. The molecule has 1 aliphatic heterocycles. The van der Waals surface area contributed by atoms with Gasteiger partial charge >= 0.3 is 6.09 Å². The van der Waals surface area contributed by atoms with Gasteiger partial charge in [-0.2, -0.15) is 0 Å². The number of carboxylic acid groups (broad SMARTS) is 1. The molecule has 4 N–H and O–H groups in total. The molecule has 168 valence electrons. The summed E-state index contributed by atoms with van der Waals surface area (Å²) in [7, 11) is 2.18. The van der Waals surface area contributed by atoms with Crippen LogP contribution >= 0.6 is 0 Å². The van der Waals surface area contributed by atoms with Gasteiger partial charge in [-0.05, 0) is 67.6 Å². The van der Waals surface area contributed by atoms with Crippen LogP contribution in [0.25, 0.3) is 10.9 Å². The number of nitrogens with one attached hydrogen (secondary N) is 3. The van der Waals surface area contributed by atoms with E-state index in [0.29, 0.717) is 18.6 Å². The molecule has 1 aromatic heterocycles. The molecule has 2 heterocycles. The summed E-state index contributed by atoms with van der Waals surface area (Å²) in [4.78, 5) is 11.2. The van der Waals surface area contributed by atoms with Crippen molar-refractivity contribution in [3.63, 3.8) is 0 Å². The zero-order valence-electron chi connectivity index (χ0n) is 18.6. The Kier molecular flexibility index (Phi) is 5.89. The molecule has 1 amide bonds. The van der Waals surface area contributed by atoms with E-state index in [1.165, 1.54) is 35.0 Å². The number of piperidine rings is 1. The van der Waals surface area contributed by atoms with Gasteiger partial charge in [0.15, 0.2) is 0 Å². The van der Waals surface area contributed by atoms with E-state index in [2.05, 4.69) is 57.9 Å². The zero-order chi connectivity index (χ0) is 22.1. The summed E-state index contributed by atoms with van der Waals surface area (Å²) in [5.41, 5.74) is 6.41. The maximum absolute atomic E-state index is 11.2. The van der Waals surface area contributed by atoms with Crippen molar-refractivity contribution in [2.45, 2.75) is 43.7 Å². The van der Waals surface area contributed by atoms with Crippen LogP contribution < -0.4 is 16.0 Å². The lowest BCUT2D eigenvalue weighted by Gasteiger charge is -2.27. The first-order chi connectivity index (χ1) is 15.6. The second-order valence-corrected chi connectivity index (χ2v) is 9.13. The Hall–Kier alpha value is -2.83. The molecule has 2 aliphatic rings. The molecule has 32 heavy (non-hydrogen) atoms. The van der Waals surface area contributed by atoms with Crippen molar-refractivity contribution in [2.75, 3.05) is 19.6 Å². The Bertz CT molecular complexity index is 1100. The van der Waals surface area contributed by atoms with Gasteiger partial charge in [0.25, 0.3) is 0 Å². The summed E-state index contributed by atoms with van der Waals surface area (Å²) < 4.78 is 2.37. The van der Waals surface area contributed by atoms with E-state index < -0.39 is 6.09 Å². The lowest BCUT2D eigenvalue weighted by atomic mass is 9.90. The molecule has 3 aromatic rings. The molecular formula is C26H32N4O2. The summed E-state index contributed by atoms with van der Waals surface area (Å²) in [6.45, 7) is 2.56. The van der Waals surface area contributed by atoms with Gasteiger partial charge in [-0.25, -0.2) is 4.79 Å². The van der Waals surface area contributed by atoms with Crippen LogP contribution in [0, 0.1) is 0 Å². The van der Waals surface area contributed by atoms with Crippen molar-refractivity contribution in [3.05, 3.63) is 70.9 Å². The molecule has 0 radical (unpaired) electrons. The number of amides is 1. The van der Waals surface area contributed by atoms with Crippen molar-refractivity contribution in [3.8, 4) is 0 Å². The van der Waals surface area contributed by atoms with Crippen LogP contribution in [0.15, 0.2) is 48.5 Å². The van der Waals surface area contributed by atoms with E-state index in [0.717, 1.165) is 37.1 Å². The van der Waals surface area contributed by atoms with Crippen molar-refractivity contribution >= 4 is 17.0 Å². The smallest absolute Gasteiger partial charge is 0.404 e. The molecule has 1 fully saturated rings. The predicted molar refractivity (Wildman–Crippen MR) is 127 cm³/mol. The van der Waals surface area contributed by atoms with Crippen molar-refractivity contribution in [2.24, 2.45) is 7.05 Å². The van der Waals surface area contributed by atoms with Crippen LogP contribution in [-0.4, -0.2) is 41.4 Å². The Labute approximate surface area is 189 Å². The van der Waals surface area contributed by atoms with E-state index in [1.54, 1.807) is 0 Å². The third-order valence-corrected chi connectivity index (χ3v) is 7.23. The molecule has 5 rings (SSSR count).